The summed E-state index contributed by atoms with van der Waals surface area (Å²) < 4.78 is 41.5. The van der Waals surface area contributed by atoms with Gasteiger partial charge in [-0.05, 0) is 75.3 Å². The van der Waals surface area contributed by atoms with Gasteiger partial charge in [0, 0.05) is 50.9 Å². The van der Waals surface area contributed by atoms with E-state index in [1.54, 1.807) is 40.1 Å². The quantitative estimate of drug-likeness (QED) is 0.346. The molecule has 3 heterocycles. The maximum absolute atomic E-state index is 14.4. The maximum Gasteiger partial charge on any atom is 0.410 e. The van der Waals surface area contributed by atoms with Gasteiger partial charge < -0.3 is 30.1 Å². The van der Waals surface area contributed by atoms with Crippen LogP contribution in [0.25, 0.3) is 0 Å². The van der Waals surface area contributed by atoms with Crippen molar-refractivity contribution in [2.45, 2.75) is 95.4 Å². The molecule has 6 rings (SSSR count). The highest BCUT2D eigenvalue weighted by Gasteiger charge is 2.46. The molecule has 3 N–H and O–H groups in total. The first-order valence-electron chi connectivity index (χ1n) is 17.2. The second-order valence-corrected chi connectivity index (χ2v) is 14.9. The number of rotatable bonds is 6. The van der Waals surface area contributed by atoms with Crippen molar-refractivity contribution < 1.29 is 33.0 Å². The molecular weight excluding hydrogens is 648 g/mol. The lowest BCUT2D eigenvalue weighted by Gasteiger charge is -2.42. The summed E-state index contributed by atoms with van der Waals surface area (Å²) in [6.07, 6.45) is 1.31. The topological polar surface area (TPSA) is 140 Å². The highest BCUT2D eigenvalue weighted by molar-refractivity contribution is 5.80. The monoisotopic (exact) mass is 693 g/mol. The second kappa shape index (κ2) is 13.7. The van der Waals surface area contributed by atoms with E-state index >= 15 is 0 Å². The predicted molar refractivity (Wildman–Crippen MR) is 182 cm³/mol. The van der Waals surface area contributed by atoms with Crippen molar-refractivity contribution in [3.8, 4) is 11.6 Å². The third-order valence-electron chi connectivity index (χ3n) is 9.93. The number of nitrogens with two attached hydrogens (primary N) is 1. The zero-order valence-electron chi connectivity index (χ0n) is 28.7. The summed E-state index contributed by atoms with van der Waals surface area (Å²) in [5, 5.41) is 11.4. The number of hydrogen-bond acceptors (Lipinski definition) is 8. The molecule has 3 aliphatic rings. The summed E-state index contributed by atoms with van der Waals surface area (Å²) in [7, 11) is 0. The standard InChI is InChI=1S/C37H45F2N5O6/c1-35(2,3)50-34(47)43-16-12-25-19-27(10-9-26(25)21-43)49-31-30(40)33(46)44(23-41-31)22-36(48)14-17-42(18-15-36)32(45)28-11-13-37(38,39)20-29(28)24-7-5-4-6-8-24/h4-10,19,23,28-29,48H,11-18,20-22,40H2,1-3H3/t28-,29+/m1/s1. The number of nitrogen functional groups attached to an aromatic ring is 1. The summed E-state index contributed by atoms with van der Waals surface area (Å²) in [5.74, 6) is -3.77. The third kappa shape index (κ3) is 7.93. The summed E-state index contributed by atoms with van der Waals surface area (Å²) >= 11 is 0. The molecule has 1 aromatic heterocycles. The molecule has 268 valence electrons. The number of halogens is 2. The van der Waals surface area contributed by atoms with Crippen molar-refractivity contribution in [2.75, 3.05) is 25.4 Å². The van der Waals surface area contributed by atoms with E-state index in [-0.39, 0.29) is 75.3 Å². The van der Waals surface area contributed by atoms with Crippen LogP contribution in [0.1, 0.15) is 75.5 Å². The first-order valence-corrected chi connectivity index (χ1v) is 17.2. The largest absolute Gasteiger partial charge is 0.444 e. The number of aliphatic hydroxyl groups is 1. The zero-order valence-corrected chi connectivity index (χ0v) is 28.7. The van der Waals surface area contributed by atoms with Crippen LogP contribution in [0.5, 0.6) is 11.6 Å². The van der Waals surface area contributed by atoms with Crippen molar-refractivity contribution >= 4 is 17.7 Å². The van der Waals surface area contributed by atoms with Crippen molar-refractivity contribution in [2.24, 2.45) is 5.92 Å². The lowest BCUT2D eigenvalue weighted by atomic mass is 9.73. The number of carbonyl (C=O) groups excluding carboxylic acids is 2. The number of carbonyl (C=O) groups is 2. The van der Waals surface area contributed by atoms with Gasteiger partial charge in [0.1, 0.15) is 17.7 Å². The Morgan fingerprint density at radius 2 is 1.74 bits per heavy atom. The van der Waals surface area contributed by atoms with E-state index in [2.05, 4.69) is 4.98 Å². The van der Waals surface area contributed by atoms with E-state index in [1.807, 2.05) is 39.0 Å². The van der Waals surface area contributed by atoms with Crippen molar-refractivity contribution in [3.05, 3.63) is 81.9 Å². The predicted octanol–water partition coefficient (Wildman–Crippen LogP) is 5.48. The number of nitrogens with zero attached hydrogens (tertiary/aromatic N) is 4. The molecule has 2 aliphatic heterocycles. The van der Waals surface area contributed by atoms with Crippen molar-refractivity contribution in [3.63, 3.8) is 0 Å². The molecule has 13 heteroatoms. The number of piperidine rings is 1. The van der Waals surface area contributed by atoms with Crippen LogP contribution >= 0.6 is 0 Å². The maximum atomic E-state index is 14.4. The van der Waals surface area contributed by atoms with Gasteiger partial charge in [-0.3, -0.25) is 14.2 Å². The van der Waals surface area contributed by atoms with E-state index in [0.717, 1.165) is 16.7 Å². The minimum atomic E-state index is -2.82. The van der Waals surface area contributed by atoms with Gasteiger partial charge in [0.25, 0.3) is 5.56 Å². The van der Waals surface area contributed by atoms with E-state index in [1.165, 1.54) is 10.9 Å². The molecule has 1 saturated heterocycles. The van der Waals surface area contributed by atoms with Crippen molar-refractivity contribution in [1.29, 1.82) is 0 Å². The number of fused-ring (bicyclic) bond motifs is 1. The van der Waals surface area contributed by atoms with Crippen LogP contribution in [0.2, 0.25) is 0 Å². The van der Waals surface area contributed by atoms with Crippen LogP contribution in [-0.4, -0.2) is 73.2 Å². The molecule has 50 heavy (non-hydrogen) atoms. The Morgan fingerprint density at radius 3 is 2.44 bits per heavy atom. The molecule has 2 atom stereocenters. The van der Waals surface area contributed by atoms with Crippen molar-refractivity contribution in [1.82, 2.24) is 19.4 Å². The second-order valence-electron chi connectivity index (χ2n) is 14.9. The summed E-state index contributed by atoms with van der Waals surface area (Å²) in [5.41, 5.74) is 6.20. The normalized spacial score (nSPS) is 21.6. The molecule has 2 aromatic carbocycles. The van der Waals surface area contributed by atoms with Gasteiger partial charge in [-0.15, -0.1) is 0 Å². The average molecular weight is 694 g/mol. The Hall–Kier alpha value is -4.52. The fraction of sp³-hybridized carbons (Fsp3) is 0.514. The van der Waals surface area contributed by atoms with E-state index in [4.69, 9.17) is 15.2 Å². The number of benzene rings is 2. The highest BCUT2D eigenvalue weighted by Crippen LogP contribution is 2.46. The number of likely N-dealkylation sites (tertiary alicyclic amines) is 1. The molecule has 1 saturated carbocycles. The van der Waals surface area contributed by atoms with Gasteiger partial charge in [0.15, 0.2) is 5.69 Å². The lowest BCUT2D eigenvalue weighted by Crippen LogP contribution is -2.52. The highest BCUT2D eigenvalue weighted by atomic mass is 19.3. The minimum Gasteiger partial charge on any atom is -0.444 e. The van der Waals surface area contributed by atoms with Gasteiger partial charge in [0.2, 0.25) is 17.7 Å². The zero-order chi connectivity index (χ0) is 35.8. The average Bonchev–Trinajstić information content (AvgIpc) is 3.07. The Kier molecular flexibility index (Phi) is 9.64. The Morgan fingerprint density at radius 1 is 1.02 bits per heavy atom. The van der Waals surface area contributed by atoms with Crippen LogP contribution in [-0.2, 0) is 29.0 Å². The number of anilines is 1. The SMILES string of the molecule is CC(C)(C)OC(=O)N1CCc2cc(Oc3ncn(CC4(O)CCN(C(=O)[C@@H]5CCC(F)(F)C[C@H]5c5ccccc5)CC4)c(=O)c3N)ccc2C1. The molecule has 0 bridgehead atoms. The molecule has 0 unspecified atom stereocenters. The Balaban J connectivity index is 1.07. The number of hydrogen-bond donors (Lipinski definition) is 2. The summed E-state index contributed by atoms with van der Waals surface area (Å²) in [4.78, 5) is 47.0. The molecule has 1 aliphatic carbocycles. The number of ether oxygens (including phenoxy) is 2. The number of aromatic nitrogens is 2. The fourth-order valence-electron chi connectivity index (χ4n) is 7.20. The van der Waals surface area contributed by atoms with Gasteiger partial charge in [-0.25, -0.2) is 18.6 Å². The van der Waals surface area contributed by atoms with Gasteiger partial charge in [-0.2, -0.15) is 0 Å². The molecule has 2 fully saturated rings. The molecule has 11 nitrogen and oxygen atoms in total. The van der Waals surface area contributed by atoms with E-state index in [0.29, 0.717) is 25.3 Å². The Bertz CT molecular complexity index is 1780. The molecule has 3 aromatic rings. The minimum absolute atomic E-state index is 0.0594. The molecule has 2 amide bonds. The van der Waals surface area contributed by atoms with Gasteiger partial charge in [0.05, 0.1) is 12.1 Å². The first-order chi connectivity index (χ1) is 23.6. The van der Waals surface area contributed by atoms with Crippen LogP contribution < -0.4 is 16.0 Å². The third-order valence-corrected chi connectivity index (χ3v) is 9.93. The van der Waals surface area contributed by atoms with Gasteiger partial charge >= 0.3 is 6.09 Å². The van der Waals surface area contributed by atoms with Crippen LogP contribution in [0.15, 0.2) is 59.7 Å². The molecule has 0 spiro atoms. The Labute approximate surface area is 290 Å². The summed E-state index contributed by atoms with van der Waals surface area (Å²) in [6, 6.07) is 14.4. The lowest BCUT2D eigenvalue weighted by molar-refractivity contribution is -0.145. The van der Waals surface area contributed by atoms with Crippen LogP contribution in [0, 0.1) is 5.92 Å². The summed E-state index contributed by atoms with van der Waals surface area (Å²) in [6.45, 7) is 6.76. The molecular formula is C37H45F2N5O6. The number of alkyl halides is 2. The van der Waals surface area contributed by atoms with Gasteiger partial charge in [-0.1, -0.05) is 36.4 Å². The first kappa shape index (κ1) is 35.3. The molecule has 0 radical (unpaired) electrons. The van der Waals surface area contributed by atoms with Crippen LogP contribution in [0.3, 0.4) is 0 Å². The smallest absolute Gasteiger partial charge is 0.410 e. The fourth-order valence-corrected chi connectivity index (χ4v) is 7.20. The number of amides is 2. The van der Waals surface area contributed by atoms with Crippen LogP contribution in [0.4, 0.5) is 19.3 Å². The van der Waals surface area contributed by atoms with E-state index < -0.39 is 34.5 Å². The van der Waals surface area contributed by atoms with E-state index in [9.17, 15) is 28.3 Å².